The molecule has 0 amide bonds. The normalized spacial score (nSPS) is 11.4. The van der Waals surface area contributed by atoms with Gasteiger partial charge in [-0.25, -0.2) is 0 Å². The van der Waals surface area contributed by atoms with Crippen molar-refractivity contribution >= 4 is 21.9 Å². The van der Waals surface area contributed by atoms with Gasteiger partial charge in [-0.2, -0.15) is 0 Å². The van der Waals surface area contributed by atoms with E-state index in [2.05, 4.69) is 6.92 Å². The van der Waals surface area contributed by atoms with Crippen LogP contribution in [0.4, 0.5) is 0 Å². The average Bonchev–Trinajstić information content (AvgIpc) is 2.52. The fraction of sp³-hybridized carbons (Fsp3) is 0.350. The van der Waals surface area contributed by atoms with Gasteiger partial charge in [-0.05, 0) is 49.1 Å². The molecule has 1 N–H and O–H groups in total. The van der Waals surface area contributed by atoms with Gasteiger partial charge in [0.1, 0.15) is 16.9 Å². The number of hydrogen-bond donors (Lipinski definition) is 1. The van der Waals surface area contributed by atoms with Crippen LogP contribution in [-0.4, -0.2) is 5.11 Å². The highest BCUT2D eigenvalue weighted by molar-refractivity contribution is 5.91. The summed E-state index contributed by atoms with van der Waals surface area (Å²) in [5.41, 5.74) is 2.85. The predicted molar refractivity (Wildman–Crippen MR) is 94.2 cm³/mol. The van der Waals surface area contributed by atoms with E-state index in [-0.39, 0.29) is 11.2 Å². The molecular formula is C20H22O3. The molecule has 0 spiro atoms. The van der Waals surface area contributed by atoms with Crippen LogP contribution in [-0.2, 0) is 6.42 Å². The molecule has 0 aliphatic rings. The highest BCUT2D eigenvalue weighted by Crippen LogP contribution is 2.27. The van der Waals surface area contributed by atoms with Crippen LogP contribution in [0.1, 0.15) is 43.7 Å². The second-order valence-electron chi connectivity index (χ2n) is 6.22. The summed E-state index contributed by atoms with van der Waals surface area (Å²) in [6.07, 6.45) is 5.32. The first kappa shape index (κ1) is 15.6. The maximum absolute atomic E-state index is 12.7. The van der Waals surface area contributed by atoms with Gasteiger partial charge < -0.3 is 9.52 Å². The molecule has 0 aliphatic heterocycles. The summed E-state index contributed by atoms with van der Waals surface area (Å²) < 4.78 is 5.83. The van der Waals surface area contributed by atoms with E-state index in [1.807, 2.05) is 25.1 Å². The number of phenols is 1. The average molecular weight is 310 g/mol. The fourth-order valence-corrected chi connectivity index (χ4v) is 2.98. The van der Waals surface area contributed by atoms with Crippen LogP contribution in [0.3, 0.4) is 0 Å². The number of fused-ring (bicyclic) bond motifs is 2. The van der Waals surface area contributed by atoms with E-state index in [0.29, 0.717) is 21.9 Å². The SMILES string of the molecule is CCCCCCc1cc2c(=O)c3ccc(C)cc3oc2cc1O. The Morgan fingerprint density at radius 2 is 1.78 bits per heavy atom. The van der Waals surface area contributed by atoms with E-state index in [0.717, 1.165) is 30.4 Å². The second-order valence-corrected chi connectivity index (χ2v) is 6.22. The predicted octanol–water partition coefficient (Wildman–Crippen LogP) is 5.08. The van der Waals surface area contributed by atoms with Gasteiger partial charge in [0.15, 0.2) is 0 Å². The van der Waals surface area contributed by atoms with E-state index in [1.165, 1.54) is 12.8 Å². The van der Waals surface area contributed by atoms with Crippen molar-refractivity contribution in [3.63, 3.8) is 0 Å². The zero-order valence-electron chi connectivity index (χ0n) is 13.7. The molecule has 0 radical (unpaired) electrons. The van der Waals surface area contributed by atoms with Crippen molar-refractivity contribution in [3.05, 3.63) is 51.7 Å². The molecule has 1 aromatic heterocycles. The maximum atomic E-state index is 12.7. The van der Waals surface area contributed by atoms with Crippen molar-refractivity contribution in [3.8, 4) is 5.75 Å². The first-order chi connectivity index (χ1) is 11.1. The minimum Gasteiger partial charge on any atom is -0.508 e. The Labute approximate surface area is 135 Å². The van der Waals surface area contributed by atoms with Gasteiger partial charge in [-0.1, -0.05) is 32.3 Å². The molecule has 0 saturated carbocycles. The zero-order chi connectivity index (χ0) is 16.4. The molecule has 3 heteroatoms. The van der Waals surface area contributed by atoms with Crippen molar-refractivity contribution in [2.75, 3.05) is 0 Å². The molecule has 0 fully saturated rings. The largest absolute Gasteiger partial charge is 0.508 e. The number of unbranched alkanes of at least 4 members (excludes halogenated alkanes) is 3. The molecular weight excluding hydrogens is 288 g/mol. The molecule has 3 rings (SSSR count). The monoisotopic (exact) mass is 310 g/mol. The van der Waals surface area contributed by atoms with Crippen LogP contribution < -0.4 is 5.43 Å². The van der Waals surface area contributed by atoms with Crippen molar-refractivity contribution < 1.29 is 9.52 Å². The number of rotatable bonds is 5. The van der Waals surface area contributed by atoms with Gasteiger partial charge in [0.2, 0.25) is 5.43 Å². The molecule has 0 saturated heterocycles. The Morgan fingerprint density at radius 1 is 1.00 bits per heavy atom. The van der Waals surface area contributed by atoms with E-state index >= 15 is 0 Å². The first-order valence-electron chi connectivity index (χ1n) is 8.29. The maximum Gasteiger partial charge on any atom is 0.200 e. The van der Waals surface area contributed by atoms with Gasteiger partial charge in [0.05, 0.1) is 10.8 Å². The summed E-state index contributed by atoms with van der Waals surface area (Å²) in [5.74, 6) is 0.212. The van der Waals surface area contributed by atoms with Crippen molar-refractivity contribution in [1.29, 1.82) is 0 Å². The van der Waals surface area contributed by atoms with Gasteiger partial charge in [-0.3, -0.25) is 4.79 Å². The smallest absolute Gasteiger partial charge is 0.200 e. The summed E-state index contributed by atoms with van der Waals surface area (Å²) in [5, 5.41) is 11.4. The van der Waals surface area contributed by atoms with E-state index in [1.54, 1.807) is 12.1 Å². The minimum atomic E-state index is -0.0314. The third kappa shape index (κ3) is 3.09. The summed E-state index contributed by atoms with van der Waals surface area (Å²) in [7, 11) is 0. The highest BCUT2D eigenvalue weighted by atomic mass is 16.3. The molecule has 23 heavy (non-hydrogen) atoms. The van der Waals surface area contributed by atoms with Crippen molar-refractivity contribution in [2.45, 2.75) is 46.0 Å². The number of aromatic hydroxyl groups is 1. The summed E-state index contributed by atoms with van der Waals surface area (Å²) >= 11 is 0. The number of aryl methyl sites for hydroxylation is 2. The summed E-state index contributed by atoms with van der Waals surface area (Å²) in [6.45, 7) is 4.13. The standard InChI is InChI=1S/C20H22O3/c1-3-4-5-6-7-14-11-16-19(12-17(14)21)23-18-10-13(2)8-9-15(18)20(16)22/h8-12,21H,3-7H2,1-2H3. The quantitative estimate of drug-likeness (QED) is 0.528. The Hall–Kier alpha value is -2.29. The lowest BCUT2D eigenvalue weighted by atomic mass is 10.0. The molecule has 3 nitrogen and oxygen atoms in total. The van der Waals surface area contributed by atoms with Crippen LogP contribution in [0.25, 0.3) is 21.9 Å². The topological polar surface area (TPSA) is 50.4 Å². The van der Waals surface area contributed by atoms with Crippen LogP contribution in [0, 0.1) is 6.92 Å². The molecule has 2 aromatic carbocycles. The van der Waals surface area contributed by atoms with Crippen LogP contribution in [0.5, 0.6) is 5.75 Å². The van der Waals surface area contributed by atoms with Gasteiger partial charge in [-0.15, -0.1) is 0 Å². The lowest BCUT2D eigenvalue weighted by molar-refractivity contribution is 0.465. The lowest BCUT2D eigenvalue weighted by Gasteiger charge is -2.08. The molecule has 0 bridgehead atoms. The van der Waals surface area contributed by atoms with Crippen molar-refractivity contribution in [1.82, 2.24) is 0 Å². The fourth-order valence-electron chi connectivity index (χ4n) is 2.98. The molecule has 3 aromatic rings. The number of hydrogen-bond acceptors (Lipinski definition) is 3. The molecule has 120 valence electrons. The lowest BCUT2D eigenvalue weighted by Crippen LogP contribution is -2.03. The van der Waals surface area contributed by atoms with Crippen LogP contribution in [0.2, 0.25) is 0 Å². The minimum absolute atomic E-state index is 0.0314. The third-order valence-electron chi connectivity index (χ3n) is 4.33. The Morgan fingerprint density at radius 3 is 2.57 bits per heavy atom. The van der Waals surface area contributed by atoms with E-state index in [9.17, 15) is 9.90 Å². The highest BCUT2D eigenvalue weighted by Gasteiger charge is 2.11. The van der Waals surface area contributed by atoms with Gasteiger partial charge in [0.25, 0.3) is 0 Å². The van der Waals surface area contributed by atoms with Crippen LogP contribution >= 0.6 is 0 Å². The molecule has 0 atom stereocenters. The second kappa shape index (κ2) is 6.45. The first-order valence-corrected chi connectivity index (χ1v) is 8.29. The van der Waals surface area contributed by atoms with Gasteiger partial charge in [0, 0.05) is 6.07 Å². The zero-order valence-corrected chi connectivity index (χ0v) is 13.7. The summed E-state index contributed by atoms with van der Waals surface area (Å²) in [6, 6.07) is 8.95. The van der Waals surface area contributed by atoms with Gasteiger partial charge >= 0.3 is 0 Å². The third-order valence-corrected chi connectivity index (χ3v) is 4.33. The number of benzene rings is 2. The molecule has 1 heterocycles. The Kier molecular flexibility index (Phi) is 4.37. The van der Waals surface area contributed by atoms with Crippen molar-refractivity contribution in [2.24, 2.45) is 0 Å². The molecule has 0 aliphatic carbocycles. The molecule has 0 unspecified atom stereocenters. The summed E-state index contributed by atoms with van der Waals surface area (Å²) in [4.78, 5) is 12.7. The Bertz CT molecular complexity index is 906. The van der Waals surface area contributed by atoms with Crippen LogP contribution in [0.15, 0.2) is 39.5 Å². The van der Waals surface area contributed by atoms with E-state index < -0.39 is 0 Å². The Balaban J connectivity index is 2.07. The number of phenolic OH excluding ortho intramolecular Hbond substituents is 1. The van der Waals surface area contributed by atoms with E-state index in [4.69, 9.17) is 4.42 Å².